The Morgan fingerprint density at radius 2 is 1.85 bits per heavy atom. The van der Waals surface area contributed by atoms with Crippen LogP contribution in [0.1, 0.15) is 12.8 Å². The second-order valence-corrected chi connectivity index (χ2v) is 4.55. The predicted molar refractivity (Wildman–Crippen MR) is 70.9 cm³/mol. The average Bonchev–Trinajstić information content (AvgIpc) is 2.45. The van der Waals surface area contributed by atoms with E-state index in [9.17, 15) is 14.4 Å². The van der Waals surface area contributed by atoms with Crippen molar-refractivity contribution in [2.75, 3.05) is 26.8 Å². The lowest BCUT2D eigenvalue weighted by Gasteiger charge is -2.24. The van der Waals surface area contributed by atoms with Crippen LogP contribution in [0, 0.1) is 11.8 Å². The van der Waals surface area contributed by atoms with Crippen LogP contribution in [0.3, 0.4) is 0 Å². The van der Waals surface area contributed by atoms with E-state index >= 15 is 0 Å². The van der Waals surface area contributed by atoms with Gasteiger partial charge in [-0.1, -0.05) is 12.2 Å². The molecule has 0 aromatic rings. The van der Waals surface area contributed by atoms with Crippen molar-refractivity contribution in [3.05, 3.63) is 12.2 Å². The maximum absolute atomic E-state index is 11.9. The van der Waals surface area contributed by atoms with E-state index in [1.807, 2.05) is 0 Å². The maximum Gasteiger partial charge on any atom is 0.307 e. The van der Waals surface area contributed by atoms with Crippen molar-refractivity contribution >= 4 is 17.8 Å². The standard InChI is InChI=1S/C13H20N2O5/c1-20-7-6-14-11(16)8-15-12(17)9-4-2-3-5-10(9)13(18)19/h2-3,9-10H,4-8H2,1H3,(H,14,16)(H,15,17)(H,18,19). The molecule has 0 bridgehead atoms. The van der Waals surface area contributed by atoms with Crippen LogP contribution in [-0.4, -0.2) is 49.7 Å². The van der Waals surface area contributed by atoms with Gasteiger partial charge >= 0.3 is 5.97 Å². The van der Waals surface area contributed by atoms with E-state index < -0.39 is 23.7 Å². The fourth-order valence-corrected chi connectivity index (χ4v) is 2.03. The van der Waals surface area contributed by atoms with Gasteiger partial charge in [0.25, 0.3) is 0 Å². The zero-order chi connectivity index (χ0) is 15.0. The first kappa shape index (κ1) is 16.2. The van der Waals surface area contributed by atoms with E-state index in [4.69, 9.17) is 9.84 Å². The maximum atomic E-state index is 11.9. The highest BCUT2D eigenvalue weighted by molar-refractivity contribution is 5.88. The fraction of sp³-hybridized carbons (Fsp3) is 0.615. The molecule has 2 amide bonds. The molecule has 0 heterocycles. The zero-order valence-electron chi connectivity index (χ0n) is 11.4. The van der Waals surface area contributed by atoms with Crippen LogP contribution < -0.4 is 10.6 Å². The number of aliphatic carboxylic acids is 1. The summed E-state index contributed by atoms with van der Waals surface area (Å²) in [6, 6.07) is 0. The largest absolute Gasteiger partial charge is 0.481 e. The molecule has 0 saturated carbocycles. The Labute approximate surface area is 117 Å². The quantitative estimate of drug-likeness (QED) is 0.433. The summed E-state index contributed by atoms with van der Waals surface area (Å²) in [5.74, 6) is -3.06. The van der Waals surface area contributed by atoms with Crippen molar-refractivity contribution < 1.29 is 24.2 Å². The summed E-state index contributed by atoms with van der Waals surface area (Å²) >= 11 is 0. The topological polar surface area (TPSA) is 105 Å². The normalized spacial score (nSPS) is 21.2. The van der Waals surface area contributed by atoms with Gasteiger partial charge in [0.15, 0.2) is 0 Å². The minimum Gasteiger partial charge on any atom is -0.481 e. The highest BCUT2D eigenvalue weighted by Gasteiger charge is 2.33. The van der Waals surface area contributed by atoms with Gasteiger partial charge in [0.05, 0.1) is 25.0 Å². The molecule has 7 heteroatoms. The third-order valence-corrected chi connectivity index (χ3v) is 3.14. The third-order valence-electron chi connectivity index (χ3n) is 3.14. The Morgan fingerprint density at radius 3 is 2.45 bits per heavy atom. The molecule has 2 atom stereocenters. The zero-order valence-corrected chi connectivity index (χ0v) is 11.4. The molecular formula is C13H20N2O5. The van der Waals surface area contributed by atoms with Gasteiger partial charge in [-0.25, -0.2) is 0 Å². The van der Waals surface area contributed by atoms with Gasteiger partial charge in [0, 0.05) is 13.7 Å². The summed E-state index contributed by atoms with van der Waals surface area (Å²) in [5.41, 5.74) is 0. The molecule has 7 nitrogen and oxygen atoms in total. The number of amides is 2. The Bertz CT molecular complexity index is 394. The molecular weight excluding hydrogens is 264 g/mol. The molecule has 0 saturated heterocycles. The molecule has 0 aromatic heterocycles. The smallest absolute Gasteiger partial charge is 0.307 e. The lowest BCUT2D eigenvalue weighted by atomic mass is 9.82. The monoisotopic (exact) mass is 284 g/mol. The van der Waals surface area contributed by atoms with Gasteiger partial charge in [-0.3, -0.25) is 14.4 Å². The fourth-order valence-electron chi connectivity index (χ4n) is 2.03. The van der Waals surface area contributed by atoms with Crippen LogP contribution in [0.4, 0.5) is 0 Å². The van der Waals surface area contributed by atoms with Gasteiger partial charge < -0.3 is 20.5 Å². The molecule has 3 N–H and O–H groups in total. The summed E-state index contributed by atoms with van der Waals surface area (Å²) < 4.78 is 4.78. The molecule has 0 aliphatic heterocycles. The number of carbonyl (C=O) groups is 3. The van der Waals surface area contributed by atoms with Gasteiger partial charge in [-0.15, -0.1) is 0 Å². The summed E-state index contributed by atoms with van der Waals surface area (Å²) in [7, 11) is 1.52. The van der Waals surface area contributed by atoms with Crippen molar-refractivity contribution in [3.63, 3.8) is 0 Å². The molecule has 112 valence electrons. The molecule has 0 spiro atoms. The van der Waals surface area contributed by atoms with E-state index in [1.54, 1.807) is 12.2 Å². The van der Waals surface area contributed by atoms with Crippen LogP contribution in [0.15, 0.2) is 12.2 Å². The van der Waals surface area contributed by atoms with Gasteiger partial charge in [-0.2, -0.15) is 0 Å². The summed E-state index contributed by atoms with van der Waals surface area (Å²) in [4.78, 5) is 34.4. The molecule has 20 heavy (non-hydrogen) atoms. The van der Waals surface area contributed by atoms with Gasteiger partial charge in [0.2, 0.25) is 11.8 Å². The highest BCUT2D eigenvalue weighted by atomic mass is 16.5. The number of ether oxygens (including phenoxy) is 1. The third kappa shape index (κ3) is 5.00. The highest BCUT2D eigenvalue weighted by Crippen LogP contribution is 2.25. The SMILES string of the molecule is COCCNC(=O)CNC(=O)C1CC=CCC1C(=O)O. The van der Waals surface area contributed by atoms with E-state index in [0.29, 0.717) is 26.0 Å². The van der Waals surface area contributed by atoms with Crippen molar-refractivity contribution in [2.45, 2.75) is 12.8 Å². The molecule has 1 aliphatic carbocycles. The van der Waals surface area contributed by atoms with Crippen molar-refractivity contribution in [1.82, 2.24) is 10.6 Å². The van der Waals surface area contributed by atoms with Crippen molar-refractivity contribution in [1.29, 1.82) is 0 Å². The Kier molecular flexibility index (Phi) is 6.72. The molecule has 1 aliphatic rings. The average molecular weight is 284 g/mol. The number of hydrogen-bond acceptors (Lipinski definition) is 4. The number of hydrogen-bond donors (Lipinski definition) is 3. The van der Waals surface area contributed by atoms with Gasteiger partial charge in [-0.05, 0) is 12.8 Å². The minimum atomic E-state index is -0.987. The summed E-state index contributed by atoms with van der Waals surface area (Å²) in [5, 5.41) is 14.1. The van der Waals surface area contributed by atoms with Crippen LogP contribution in [0.25, 0.3) is 0 Å². The number of carboxylic acids is 1. The molecule has 2 unspecified atom stereocenters. The van der Waals surface area contributed by atoms with Crippen molar-refractivity contribution in [2.24, 2.45) is 11.8 Å². The van der Waals surface area contributed by atoms with E-state index in [0.717, 1.165) is 0 Å². The number of methoxy groups -OCH3 is 1. The van der Waals surface area contributed by atoms with Crippen LogP contribution in [-0.2, 0) is 19.1 Å². The van der Waals surface area contributed by atoms with E-state index in [-0.39, 0.29) is 12.5 Å². The number of carbonyl (C=O) groups excluding carboxylic acids is 2. The van der Waals surface area contributed by atoms with Crippen LogP contribution in [0.5, 0.6) is 0 Å². The minimum absolute atomic E-state index is 0.158. The first-order valence-corrected chi connectivity index (χ1v) is 6.47. The van der Waals surface area contributed by atoms with Crippen LogP contribution in [0.2, 0.25) is 0 Å². The van der Waals surface area contributed by atoms with E-state index in [2.05, 4.69) is 10.6 Å². The summed E-state index contributed by atoms with van der Waals surface area (Å²) in [6.07, 6.45) is 4.28. The first-order chi connectivity index (χ1) is 9.56. The molecule has 0 aromatic carbocycles. The molecule has 0 fully saturated rings. The number of carboxylic acid groups (broad SMARTS) is 1. The second-order valence-electron chi connectivity index (χ2n) is 4.55. The first-order valence-electron chi connectivity index (χ1n) is 6.47. The number of rotatable bonds is 7. The van der Waals surface area contributed by atoms with Gasteiger partial charge in [0.1, 0.15) is 0 Å². The Hall–Kier alpha value is -1.89. The Morgan fingerprint density at radius 1 is 1.20 bits per heavy atom. The lowest BCUT2D eigenvalue weighted by molar-refractivity contribution is -0.147. The Balaban J connectivity index is 2.39. The second kappa shape index (κ2) is 8.31. The molecule has 1 rings (SSSR count). The lowest BCUT2D eigenvalue weighted by Crippen LogP contribution is -2.43. The predicted octanol–water partition coefficient (Wildman–Crippen LogP) is -0.468. The van der Waals surface area contributed by atoms with Crippen LogP contribution >= 0.6 is 0 Å². The number of nitrogens with one attached hydrogen (secondary N) is 2. The van der Waals surface area contributed by atoms with Crippen molar-refractivity contribution in [3.8, 4) is 0 Å². The molecule has 0 radical (unpaired) electrons. The van der Waals surface area contributed by atoms with E-state index in [1.165, 1.54) is 7.11 Å². The number of allylic oxidation sites excluding steroid dienone is 2. The summed E-state index contributed by atoms with van der Waals surface area (Å²) in [6.45, 7) is 0.610.